The van der Waals surface area contributed by atoms with Gasteiger partial charge in [-0.2, -0.15) is 0 Å². The van der Waals surface area contributed by atoms with Gasteiger partial charge in [-0.15, -0.1) is 0 Å². The molecule has 0 amide bonds. The van der Waals surface area contributed by atoms with Crippen LogP contribution in [0.3, 0.4) is 0 Å². The lowest BCUT2D eigenvalue weighted by molar-refractivity contribution is 0.0914. The molecule has 0 unspecified atom stereocenters. The van der Waals surface area contributed by atoms with Crippen molar-refractivity contribution in [2.45, 2.75) is 0 Å². The molecule has 0 saturated heterocycles. The zero-order chi connectivity index (χ0) is 14.4. The van der Waals surface area contributed by atoms with E-state index in [1.54, 1.807) is 0 Å². The lowest BCUT2D eigenvalue weighted by atomic mass is 9.97. The molecule has 0 fully saturated rings. The first-order chi connectivity index (χ1) is 9.56. The third-order valence-corrected chi connectivity index (χ3v) is 3.28. The van der Waals surface area contributed by atoms with Crippen LogP contribution in [0.5, 0.6) is 11.5 Å². The summed E-state index contributed by atoms with van der Waals surface area (Å²) in [5, 5.41) is 10.3. The number of aromatic hydroxyl groups is 1. The number of aromatic amines is 1. The highest BCUT2D eigenvalue weighted by Crippen LogP contribution is 2.36. The molecule has 3 rings (SSSR count). The zero-order valence-corrected chi connectivity index (χ0v) is 10.8. The van der Waals surface area contributed by atoms with E-state index in [0.717, 1.165) is 6.08 Å². The molecule has 102 valence electrons. The molecule has 0 spiro atoms. The Hall–Kier alpha value is -2.76. The van der Waals surface area contributed by atoms with Crippen LogP contribution in [-0.4, -0.2) is 35.9 Å². The van der Waals surface area contributed by atoms with Gasteiger partial charge in [0.1, 0.15) is 5.69 Å². The Morgan fingerprint density at radius 1 is 1.15 bits per heavy atom. The zero-order valence-electron chi connectivity index (χ0n) is 10.8. The summed E-state index contributed by atoms with van der Waals surface area (Å²) in [5.74, 6) is -0.575. The molecule has 0 aliphatic heterocycles. The van der Waals surface area contributed by atoms with E-state index in [9.17, 15) is 14.7 Å². The number of carbonyl (C=O) groups excluding carboxylic acids is 2. The molecule has 2 N–H and O–H groups in total. The van der Waals surface area contributed by atoms with Crippen LogP contribution in [0, 0.1) is 0 Å². The number of phenolic OH excluding ortho intramolecular Hbond substituents is 1. The first-order valence-electron chi connectivity index (χ1n) is 5.84. The molecule has 2 aromatic rings. The molecule has 0 bridgehead atoms. The largest absolute Gasteiger partial charge is 0.504 e. The molecule has 20 heavy (non-hydrogen) atoms. The summed E-state index contributed by atoms with van der Waals surface area (Å²) < 4.78 is 9.90. The van der Waals surface area contributed by atoms with Gasteiger partial charge in [-0.3, -0.25) is 9.59 Å². The van der Waals surface area contributed by atoms with Gasteiger partial charge < -0.3 is 19.6 Å². The molecule has 1 aliphatic carbocycles. The van der Waals surface area contributed by atoms with Gasteiger partial charge in [-0.05, 0) is 6.07 Å². The number of allylic oxidation sites excluding steroid dienone is 2. The molecule has 1 aromatic heterocycles. The number of aromatic nitrogens is 1. The number of fused-ring (bicyclic) bond motifs is 3. The summed E-state index contributed by atoms with van der Waals surface area (Å²) in [4.78, 5) is 27.1. The van der Waals surface area contributed by atoms with Crippen molar-refractivity contribution in [3.63, 3.8) is 0 Å². The minimum Gasteiger partial charge on any atom is -0.504 e. The van der Waals surface area contributed by atoms with Gasteiger partial charge in [0.2, 0.25) is 5.78 Å². The van der Waals surface area contributed by atoms with Gasteiger partial charge in [-0.1, -0.05) is 0 Å². The predicted octanol–water partition coefficient (Wildman–Crippen LogP) is 1.79. The van der Waals surface area contributed by atoms with Crippen LogP contribution < -0.4 is 4.74 Å². The average Bonchev–Trinajstić information content (AvgIpc) is 2.80. The standard InChI is InChI=1S/C14H11NO5/c1-19-10-4-7-6(3-8(10)16)12-9(17)5-11(20-2)14(18)13(12)15-7/h3-5,15-16H,1-2H3. The molecule has 6 nitrogen and oxygen atoms in total. The summed E-state index contributed by atoms with van der Waals surface area (Å²) in [6.45, 7) is 0. The summed E-state index contributed by atoms with van der Waals surface area (Å²) in [7, 11) is 2.75. The van der Waals surface area contributed by atoms with Crippen molar-refractivity contribution in [2.75, 3.05) is 14.2 Å². The van der Waals surface area contributed by atoms with Crippen molar-refractivity contribution in [1.82, 2.24) is 4.98 Å². The molecule has 1 heterocycles. The van der Waals surface area contributed by atoms with Crippen molar-refractivity contribution in [1.29, 1.82) is 0 Å². The maximum atomic E-state index is 12.1. The van der Waals surface area contributed by atoms with Crippen LogP contribution in [0.2, 0.25) is 0 Å². The number of ether oxygens (including phenoxy) is 2. The number of nitrogens with one attached hydrogen (secondary N) is 1. The normalized spacial score (nSPS) is 14.2. The second-order valence-corrected chi connectivity index (χ2v) is 4.35. The third-order valence-electron chi connectivity index (χ3n) is 3.28. The Labute approximate surface area is 113 Å². The van der Waals surface area contributed by atoms with Gasteiger partial charge in [0.05, 0.1) is 25.3 Å². The van der Waals surface area contributed by atoms with Crippen LogP contribution in [0.1, 0.15) is 20.8 Å². The Morgan fingerprint density at radius 3 is 2.55 bits per heavy atom. The number of rotatable bonds is 2. The fourth-order valence-electron chi connectivity index (χ4n) is 2.33. The first-order valence-corrected chi connectivity index (χ1v) is 5.84. The van der Waals surface area contributed by atoms with E-state index in [0.29, 0.717) is 10.9 Å². The van der Waals surface area contributed by atoms with E-state index in [1.807, 2.05) is 0 Å². The number of hydrogen-bond acceptors (Lipinski definition) is 5. The quantitative estimate of drug-likeness (QED) is 0.870. The van der Waals surface area contributed by atoms with Gasteiger partial charge in [0, 0.05) is 17.5 Å². The van der Waals surface area contributed by atoms with Crippen LogP contribution in [-0.2, 0) is 4.74 Å². The predicted molar refractivity (Wildman–Crippen MR) is 70.3 cm³/mol. The minimum absolute atomic E-state index is 0.00903. The summed E-state index contributed by atoms with van der Waals surface area (Å²) >= 11 is 0. The number of methoxy groups -OCH3 is 2. The van der Waals surface area contributed by atoms with Crippen molar-refractivity contribution >= 4 is 22.5 Å². The second-order valence-electron chi connectivity index (χ2n) is 4.35. The van der Waals surface area contributed by atoms with Crippen molar-refractivity contribution < 1.29 is 24.2 Å². The van der Waals surface area contributed by atoms with E-state index >= 15 is 0 Å². The molecular formula is C14H11NO5. The van der Waals surface area contributed by atoms with Crippen LogP contribution in [0.4, 0.5) is 0 Å². The van der Waals surface area contributed by atoms with E-state index in [-0.39, 0.29) is 34.3 Å². The molecular weight excluding hydrogens is 262 g/mol. The number of ketones is 2. The van der Waals surface area contributed by atoms with Crippen molar-refractivity contribution in [3.05, 3.63) is 35.2 Å². The van der Waals surface area contributed by atoms with E-state index in [4.69, 9.17) is 9.47 Å². The Morgan fingerprint density at radius 2 is 1.90 bits per heavy atom. The van der Waals surface area contributed by atoms with Crippen LogP contribution in [0.25, 0.3) is 10.9 Å². The molecule has 0 radical (unpaired) electrons. The average molecular weight is 273 g/mol. The minimum atomic E-state index is -0.392. The molecule has 0 atom stereocenters. The highest BCUT2D eigenvalue weighted by molar-refractivity contribution is 6.28. The van der Waals surface area contributed by atoms with Crippen LogP contribution >= 0.6 is 0 Å². The van der Waals surface area contributed by atoms with Gasteiger partial charge in [0.15, 0.2) is 23.0 Å². The topological polar surface area (TPSA) is 88.6 Å². The van der Waals surface area contributed by atoms with E-state index in [1.165, 1.54) is 26.4 Å². The van der Waals surface area contributed by atoms with Crippen LogP contribution in [0.15, 0.2) is 24.0 Å². The Balaban J connectivity index is 2.31. The maximum Gasteiger partial charge on any atom is 0.244 e. The highest BCUT2D eigenvalue weighted by Gasteiger charge is 2.30. The Bertz CT molecular complexity index is 784. The first kappa shape index (κ1) is 12.3. The van der Waals surface area contributed by atoms with Crippen molar-refractivity contribution in [3.8, 4) is 11.5 Å². The molecule has 1 aromatic carbocycles. The lowest BCUT2D eigenvalue weighted by Crippen LogP contribution is -2.17. The number of benzene rings is 1. The summed E-state index contributed by atoms with van der Waals surface area (Å²) in [6, 6.07) is 2.94. The smallest absolute Gasteiger partial charge is 0.244 e. The molecule has 0 saturated carbocycles. The summed E-state index contributed by atoms with van der Waals surface area (Å²) in [6.07, 6.45) is 1.15. The van der Waals surface area contributed by atoms with Gasteiger partial charge in [-0.25, -0.2) is 0 Å². The fourth-order valence-corrected chi connectivity index (χ4v) is 2.33. The van der Waals surface area contributed by atoms with Gasteiger partial charge >= 0.3 is 0 Å². The maximum absolute atomic E-state index is 12.1. The number of phenols is 1. The summed E-state index contributed by atoms with van der Waals surface area (Å²) in [5.41, 5.74) is 0.942. The Kier molecular flexibility index (Phi) is 2.53. The number of H-pyrrole nitrogens is 1. The lowest BCUT2D eigenvalue weighted by Gasteiger charge is -2.10. The second kappa shape index (κ2) is 4.12. The monoisotopic (exact) mass is 273 g/mol. The highest BCUT2D eigenvalue weighted by atomic mass is 16.5. The molecule has 1 aliphatic rings. The fraction of sp³-hybridized carbons (Fsp3) is 0.143. The number of carbonyl (C=O) groups is 2. The number of Topliss-reactive ketones (excluding diaryl/α,β-unsaturated/α-hetero) is 1. The molecule has 6 heteroatoms. The van der Waals surface area contributed by atoms with E-state index < -0.39 is 5.78 Å². The third kappa shape index (κ3) is 1.51. The van der Waals surface area contributed by atoms with Gasteiger partial charge in [0.25, 0.3) is 0 Å². The van der Waals surface area contributed by atoms with E-state index in [2.05, 4.69) is 4.98 Å². The SMILES string of the molecule is COC1=CC(=O)c2c([nH]c3cc(OC)c(O)cc23)C1=O. The van der Waals surface area contributed by atoms with Crippen molar-refractivity contribution in [2.24, 2.45) is 0 Å². The number of hydrogen-bond donors (Lipinski definition) is 2.